The topological polar surface area (TPSA) is 179 Å². The van der Waals surface area contributed by atoms with E-state index in [1.807, 2.05) is 0 Å². The number of carboxylic acids is 2. The van der Waals surface area contributed by atoms with Crippen LogP contribution in [0.3, 0.4) is 0 Å². The maximum absolute atomic E-state index is 11.6. The number of phenols is 1. The third kappa shape index (κ3) is 6.06. The number of aromatic nitrogens is 1. The Morgan fingerprint density at radius 2 is 1.33 bits per heavy atom. The molecule has 226 valence electrons. The summed E-state index contributed by atoms with van der Waals surface area (Å²) in [6.45, 7) is 0. The summed E-state index contributed by atoms with van der Waals surface area (Å²) in [7, 11) is 2.94. The predicted octanol–water partition coefficient (Wildman–Crippen LogP) is 7.05. The van der Waals surface area contributed by atoms with Gasteiger partial charge in [-0.15, -0.1) is 0 Å². The Morgan fingerprint density at radius 3 is 1.91 bits per heavy atom. The van der Waals surface area contributed by atoms with Gasteiger partial charge < -0.3 is 29.5 Å². The van der Waals surface area contributed by atoms with Gasteiger partial charge in [0.2, 0.25) is 5.75 Å². The average Bonchev–Trinajstić information content (AvgIpc) is 3.03. The molecule has 45 heavy (non-hydrogen) atoms. The van der Waals surface area contributed by atoms with E-state index < -0.39 is 16.9 Å². The molecule has 6 rings (SSSR count). The van der Waals surface area contributed by atoms with Crippen LogP contribution < -0.4 is 14.2 Å². The first-order chi connectivity index (χ1) is 21.6. The van der Waals surface area contributed by atoms with E-state index in [1.54, 1.807) is 72.8 Å². The summed E-state index contributed by atoms with van der Waals surface area (Å²) < 4.78 is 16.5. The van der Waals surface area contributed by atoms with Crippen molar-refractivity contribution in [2.75, 3.05) is 14.2 Å². The Kier molecular flexibility index (Phi) is 8.30. The van der Waals surface area contributed by atoms with Gasteiger partial charge in [-0.2, -0.15) is 0 Å². The van der Waals surface area contributed by atoms with Gasteiger partial charge in [0.15, 0.2) is 11.5 Å². The van der Waals surface area contributed by atoms with Crippen molar-refractivity contribution in [1.82, 2.24) is 4.98 Å². The van der Waals surface area contributed by atoms with Crippen molar-refractivity contribution in [1.29, 1.82) is 0 Å². The van der Waals surface area contributed by atoms with Crippen molar-refractivity contribution >= 4 is 50.1 Å². The highest BCUT2D eigenvalue weighted by Crippen LogP contribution is 2.42. The number of phenolic OH excluding ortho intramolecular Hbond substituents is 1. The second kappa shape index (κ2) is 12.4. The first kappa shape index (κ1) is 30.0. The molecule has 3 N–H and O–H groups in total. The van der Waals surface area contributed by atoms with Gasteiger partial charge in [-0.05, 0) is 76.1 Å². The average molecular weight is 609 g/mol. The summed E-state index contributed by atoms with van der Waals surface area (Å²) in [5, 5.41) is 42.0. The third-order valence-corrected chi connectivity index (χ3v) is 6.90. The van der Waals surface area contributed by atoms with Crippen molar-refractivity contribution in [3.63, 3.8) is 0 Å². The van der Waals surface area contributed by atoms with E-state index in [-0.39, 0.29) is 28.3 Å². The highest BCUT2D eigenvalue weighted by atomic mass is 16.6. The molecule has 6 aromatic rings. The SMILES string of the molecule is COc1cc2ncc([N+](=O)[O-])c(Oc3ccc4c(C(=O)O)cccc4c3)c2cc1OC.O=C(O)c1cccc2cc(O)ccc12. The van der Waals surface area contributed by atoms with Gasteiger partial charge in [0, 0.05) is 6.07 Å². The molecule has 0 atom stereocenters. The Hall–Kier alpha value is -6.43. The van der Waals surface area contributed by atoms with Gasteiger partial charge in [-0.25, -0.2) is 14.6 Å². The number of carboxylic acid groups (broad SMARTS) is 2. The number of aromatic carboxylic acids is 2. The molecule has 0 aliphatic rings. The van der Waals surface area contributed by atoms with Gasteiger partial charge in [-0.1, -0.05) is 24.3 Å². The zero-order chi connectivity index (χ0) is 32.2. The van der Waals surface area contributed by atoms with E-state index in [9.17, 15) is 29.9 Å². The normalized spacial score (nSPS) is 10.6. The highest BCUT2D eigenvalue weighted by Gasteiger charge is 2.23. The van der Waals surface area contributed by atoms with Crippen LogP contribution in [0.25, 0.3) is 32.4 Å². The third-order valence-electron chi connectivity index (χ3n) is 6.90. The molecule has 5 aromatic carbocycles. The molecule has 0 unspecified atom stereocenters. The molecular weight excluding hydrogens is 584 g/mol. The predicted molar refractivity (Wildman–Crippen MR) is 165 cm³/mol. The largest absolute Gasteiger partial charge is 0.508 e. The Morgan fingerprint density at radius 1 is 0.756 bits per heavy atom. The first-order valence-corrected chi connectivity index (χ1v) is 13.2. The van der Waals surface area contributed by atoms with Crippen LogP contribution in [-0.2, 0) is 0 Å². The second-order valence-corrected chi connectivity index (χ2v) is 9.57. The fraction of sp³-hybridized carbons (Fsp3) is 0.0606. The van der Waals surface area contributed by atoms with E-state index in [0.29, 0.717) is 44.3 Å². The molecule has 0 aliphatic heterocycles. The molecule has 0 radical (unpaired) electrons. The van der Waals surface area contributed by atoms with Crippen molar-refractivity contribution < 1.29 is 44.0 Å². The summed E-state index contributed by atoms with van der Waals surface area (Å²) >= 11 is 0. The number of pyridine rings is 1. The molecule has 0 bridgehead atoms. The lowest BCUT2D eigenvalue weighted by Crippen LogP contribution is -1.99. The maximum atomic E-state index is 11.6. The second-order valence-electron chi connectivity index (χ2n) is 9.57. The lowest BCUT2D eigenvalue weighted by molar-refractivity contribution is -0.385. The molecule has 1 heterocycles. The minimum atomic E-state index is -1.05. The quantitative estimate of drug-likeness (QED) is 0.125. The fourth-order valence-electron chi connectivity index (χ4n) is 4.81. The molecular formula is C33H24N2O10. The number of ether oxygens (including phenoxy) is 3. The molecule has 0 saturated carbocycles. The molecule has 12 nitrogen and oxygen atoms in total. The first-order valence-electron chi connectivity index (χ1n) is 13.2. The van der Waals surface area contributed by atoms with Crippen LogP contribution in [0.4, 0.5) is 5.69 Å². The lowest BCUT2D eigenvalue weighted by Gasteiger charge is -2.13. The van der Waals surface area contributed by atoms with Crippen molar-refractivity contribution in [2.45, 2.75) is 0 Å². The van der Waals surface area contributed by atoms with Crippen LogP contribution >= 0.6 is 0 Å². The van der Waals surface area contributed by atoms with Crippen LogP contribution in [0, 0.1) is 10.1 Å². The van der Waals surface area contributed by atoms with E-state index in [2.05, 4.69) is 4.98 Å². The Balaban J connectivity index is 0.000000238. The van der Waals surface area contributed by atoms with Gasteiger partial charge in [-0.3, -0.25) is 10.1 Å². The minimum Gasteiger partial charge on any atom is -0.508 e. The van der Waals surface area contributed by atoms with Gasteiger partial charge in [0.25, 0.3) is 0 Å². The van der Waals surface area contributed by atoms with Gasteiger partial charge in [0.05, 0.1) is 41.2 Å². The number of fused-ring (bicyclic) bond motifs is 3. The molecule has 0 fully saturated rings. The Labute approximate surface area is 254 Å². The molecule has 0 amide bonds. The Bertz CT molecular complexity index is 2130. The number of nitrogens with zero attached hydrogens (tertiary/aromatic N) is 2. The summed E-state index contributed by atoms with van der Waals surface area (Å²) in [6, 6.07) is 22.4. The smallest absolute Gasteiger partial charge is 0.336 e. The van der Waals surface area contributed by atoms with Crippen molar-refractivity contribution in [3.05, 3.63) is 112 Å². The number of rotatable bonds is 7. The number of methoxy groups -OCH3 is 2. The molecule has 12 heteroatoms. The standard InChI is InChI=1S/C22H16N2O7.C11H8O3/c1-29-19-9-16-17(10-20(19)30-2)23-11-18(24(27)28)21(16)31-13-6-7-14-12(8-13)4-3-5-15(14)22(25)26;12-8-4-5-9-7(6-8)2-1-3-10(9)11(13)14/h3-11H,1-2H3,(H,25,26);1-6,12H,(H,13,14). The number of benzene rings is 5. The lowest BCUT2D eigenvalue weighted by atomic mass is 10.0. The fourth-order valence-corrected chi connectivity index (χ4v) is 4.81. The summed E-state index contributed by atoms with van der Waals surface area (Å²) in [5.41, 5.74) is 0.509. The van der Waals surface area contributed by atoms with Crippen LogP contribution in [0.15, 0.2) is 91.1 Å². The zero-order valence-electron chi connectivity index (χ0n) is 23.8. The number of hydrogen-bond acceptors (Lipinski definition) is 9. The molecule has 0 aliphatic carbocycles. The molecule has 0 spiro atoms. The van der Waals surface area contributed by atoms with Crippen molar-refractivity contribution in [3.8, 4) is 28.7 Å². The number of hydrogen-bond donors (Lipinski definition) is 3. The summed E-state index contributed by atoms with van der Waals surface area (Å²) in [6.07, 6.45) is 1.12. The van der Waals surface area contributed by atoms with E-state index in [0.717, 1.165) is 11.6 Å². The number of nitro groups is 1. The van der Waals surface area contributed by atoms with Gasteiger partial charge in [0.1, 0.15) is 17.7 Å². The van der Waals surface area contributed by atoms with Crippen LogP contribution in [-0.4, -0.2) is 51.4 Å². The zero-order valence-corrected chi connectivity index (χ0v) is 23.8. The van der Waals surface area contributed by atoms with E-state index in [4.69, 9.17) is 19.3 Å². The monoisotopic (exact) mass is 608 g/mol. The molecule has 0 saturated heterocycles. The van der Waals surface area contributed by atoms with Gasteiger partial charge >= 0.3 is 17.6 Å². The number of aromatic hydroxyl groups is 1. The maximum Gasteiger partial charge on any atom is 0.336 e. The van der Waals surface area contributed by atoms with Crippen LogP contribution in [0.2, 0.25) is 0 Å². The molecule has 1 aromatic heterocycles. The van der Waals surface area contributed by atoms with E-state index in [1.165, 1.54) is 26.4 Å². The number of carbonyl (C=O) groups is 2. The summed E-state index contributed by atoms with van der Waals surface area (Å²) in [4.78, 5) is 37.5. The van der Waals surface area contributed by atoms with E-state index >= 15 is 0 Å². The highest BCUT2D eigenvalue weighted by molar-refractivity contribution is 6.04. The van der Waals surface area contributed by atoms with Crippen LogP contribution in [0.1, 0.15) is 20.7 Å². The summed E-state index contributed by atoms with van der Waals surface area (Å²) in [5.74, 6) is -0.775. The van der Waals surface area contributed by atoms with Crippen molar-refractivity contribution in [2.24, 2.45) is 0 Å². The van der Waals surface area contributed by atoms with Crippen LogP contribution in [0.5, 0.6) is 28.7 Å². The minimum absolute atomic E-state index is 0.00954.